The number of aromatic nitrogens is 3. The first-order chi connectivity index (χ1) is 12.2. The molecule has 2 aromatic heterocycles. The molecular formula is C17H21F3N4OS. The molecule has 0 aromatic carbocycles. The summed E-state index contributed by atoms with van der Waals surface area (Å²) in [5.74, 6) is -0.369. The van der Waals surface area contributed by atoms with Crippen molar-refractivity contribution in [2.45, 2.75) is 32.9 Å². The van der Waals surface area contributed by atoms with E-state index in [1.807, 2.05) is 0 Å². The fraction of sp³-hybridized carbons (Fsp3) is 0.471. The monoisotopic (exact) mass is 386 g/mol. The van der Waals surface area contributed by atoms with E-state index in [0.717, 1.165) is 0 Å². The average molecular weight is 386 g/mol. The maximum absolute atomic E-state index is 12.7. The van der Waals surface area contributed by atoms with Gasteiger partial charge in [-0.15, -0.1) is 0 Å². The SMILES string of the molecule is Cc1nn(-c2cccnc2)cc1N(CCCC(F)(F)F)C(=O)C(C)CS. The minimum absolute atomic E-state index is 0.0317. The Kier molecular flexibility index (Phi) is 6.69. The lowest BCUT2D eigenvalue weighted by Gasteiger charge is -2.25. The van der Waals surface area contributed by atoms with Gasteiger partial charge in [0.2, 0.25) is 5.91 Å². The number of aryl methyl sites for hydroxylation is 1. The number of anilines is 1. The van der Waals surface area contributed by atoms with Crippen molar-refractivity contribution in [3.8, 4) is 5.69 Å². The number of hydrogen-bond acceptors (Lipinski definition) is 4. The molecule has 1 unspecified atom stereocenters. The van der Waals surface area contributed by atoms with E-state index in [-0.39, 0.29) is 18.9 Å². The number of alkyl halides is 3. The van der Waals surface area contributed by atoms with Crippen LogP contribution in [0.25, 0.3) is 5.69 Å². The van der Waals surface area contributed by atoms with Gasteiger partial charge in [-0.1, -0.05) is 6.92 Å². The molecule has 0 radical (unpaired) electrons. The molecule has 26 heavy (non-hydrogen) atoms. The number of thiol groups is 1. The van der Waals surface area contributed by atoms with Crippen LogP contribution in [-0.4, -0.2) is 39.1 Å². The fourth-order valence-corrected chi connectivity index (χ4v) is 2.62. The maximum Gasteiger partial charge on any atom is 0.389 e. The molecule has 2 aromatic rings. The predicted octanol–water partition coefficient (Wildman–Crippen LogP) is 3.82. The quantitative estimate of drug-likeness (QED) is 0.736. The van der Waals surface area contributed by atoms with Crippen LogP contribution in [0.3, 0.4) is 0 Å². The normalized spacial score (nSPS) is 12.8. The summed E-state index contributed by atoms with van der Waals surface area (Å²) in [4.78, 5) is 18.1. The lowest BCUT2D eigenvalue weighted by molar-refractivity contribution is -0.135. The number of halogens is 3. The van der Waals surface area contributed by atoms with E-state index in [9.17, 15) is 18.0 Å². The molecule has 2 heterocycles. The maximum atomic E-state index is 12.7. The highest BCUT2D eigenvalue weighted by atomic mass is 32.1. The Morgan fingerprint density at radius 2 is 2.15 bits per heavy atom. The van der Waals surface area contributed by atoms with E-state index in [4.69, 9.17) is 0 Å². The molecule has 0 saturated heterocycles. The Morgan fingerprint density at radius 3 is 2.73 bits per heavy atom. The molecule has 0 fully saturated rings. The molecular weight excluding hydrogens is 365 g/mol. The van der Waals surface area contributed by atoms with Crippen LogP contribution >= 0.6 is 12.6 Å². The van der Waals surface area contributed by atoms with Crippen LogP contribution in [0, 0.1) is 12.8 Å². The molecule has 0 bridgehead atoms. The molecule has 0 N–H and O–H groups in total. The van der Waals surface area contributed by atoms with Gasteiger partial charge in [0.05, 0.1) is 29.5 Å². The Bertz CT molecular complexity index is 733. The minimum atomic E-state index is -4.25. The second-order valence-electron chi connectivity index (χ2n) is 6.05. The lowest BCUT2D eigenvalue weighted by atomic mass is 10.1. The van der Waals surface area contributed by atoms with Crippen LogP contribution in [0.1, 0.15) is 25.5 Å². The van der Waals surface area contributed by atoms with Gasteiger partial charge >= 0.3 is 6.18 Å². The standard InChI is InChI=1S/C17H21F3N4OS/c1-12(11-26)16(25)23(8-4-6-17(18,19)20)15-10-24(22-13(15)2)14-5-3-7-21-9-14/h3,5,7,9-10,12,26H,4,6,8,11H2,1-2H3. The van der Waals surface area contributed by atoms with Gasteiger partial charge in [0, 0.05) is 30.8 Å². The fourth-order valence-electron chi connectivity index (χ4n) is 2.47. The molecule has 1 amide bonds. The summed E-state index contributed by atoms with van der Waals surface area (Å²) in [6.45, 7) is 3.39. The van der Waals surface area contributed by atoms with Crippen molar-refractivity contribution >= 4 is 24.2 Å². The zero-order valence-electron chi connectivity index (χ0n) is 14.6. The first-order valence-electron chi connectivity index (χ1n) is 8.18. The smallest absolute Gasteiger partial charge is 0.309 e. The second-order valence-corrected chi connectivity index (χ2v) is 6.41. The third kappa shape index (κ3) is 5.23. The number of rotatable bonds is 7. The average Bonchev–Trinajstić information content (AvgIpc) is 2.99. The largest absolute Gasteiger partial charge is 0.389 e. The van der Waals surface area contributed by atoms with Crippen LogP contribution in [0.2, 0.25) is 0 Å². The minimum Gasteiger partial charge on any atom is -0.309 e. The Labute approximate surface area is 155 Å². The van der Waals surface area contributed by atoms with E-state index < -0.39 is 18.5 Å². The van der Waals surface area contributed by atoms with E-state index in [1.165, 1.54) is 4.90 Å². The number of carbonyl (C=O) groups excluding carboxylic acids is 1. The molecule has 0 aliphatic carbocycles. The van der Waals surface area contributed by atoms with Gasteiger partial charge in [0.1, 0.15) is 0 Å². The van der Waals surface area contributed by atoms with E-state index in [1.54, 1.807) is 49.3 Å². The van der Waals surface area contributed by atoms with Crippen LogP contribution in [0.5, 0.6) is 0 Å². The first kappa shape index (κ1) is 20.3. The van der Waals surface area contributed by atoms with Crippen molar-refractivity contribution in [1.29, 1.82) is 0 Å². The molecule has 9 heteroatoms. The number of carbonyl (C=O) groups is 1. The van der Waals surface area contributed by atoms with Crippen LogP contribution in [0.15, 0.2) is 30.7 Å². The summed E-state index contributed by atoms with van der Waals surface area (Å²) in [7, 11) is 0. The Balaban J connectivity index is 2.29. The highest BCUT2D eigenvalue weighted by Crippen LogP contribution is 2.26. The van der Waals surface area contributed by atoms with Gasteiger partial charge in [-0.2, -0.15) is 30.9 Å². The summed E-state index contributed by atoms with van der Waals surface area (Å²) in [5, 5.41) is 4.37. The van der Waals surface area contributed by atoms with Gasteiger partial charge in [-0.05, 0) is 25.5 Å². The molecule has 1 atom stereocenters. The van der Waals surface area contributed by atoms with Crippen molar-refractivity contribution in [3.63, 3.8) is 0 Å². The van der Waals surface area contributed by atoms with Crippen molar-refractivity contribution < 1.29 is 18.0 Å². The third-order valence-corrected chi connectivity index (χ3v) is 4.43. The summed E-state index contributed by atoms with van der Waals surface area (Å²) >= 11 is 4.13. The zero-order valence-corrected chi connectivity index (χ0v) is 15.5. The van der Waals surface area contributed by atoms with Crippen LogP contribution in [0.4, 0.5) is 18.9 Å². The highest BCUT2D eigenvalue weighted by molar-refractivity contribution is 7.80. The summed E-state index contributed by atoms with van der Waals surface area (Å²) in [6, 6.07) is 3.55. The van der Waals surface area contributed by atoms with Crippen molar-refractivity contribution in [1.82, 2.24) is 14.8 Å². The first-order valence-corrected chi connectivity index (χ1v) is 8.82. The molecule has 5 nitrogen and oxygen atoms in total. The van der Waals surface area contributed by atoms with E-state index in [2.05, 4.69) is 22.7 Å². The van der Waals surface area contributed by atoms with Gasteiger partial charge in [0.25, 0.3) is 0 Å². The molecule has 0 aliphatic rings. The second kappa shape index (κ2) is 8.57. The van der Waals surface area contributed by atoms with Gasteiger partial charge in [0.15, 0.2) is 0 Å². The molecule has 0 spiro atoms. The number of pyridine rings is 1. The van der Waals surface area contributed by atoms with Crippen molar-refractivity contribution in [3.05, 3.63) is 36.4 Å². The van der Waals surface area contributed by atoms with Crippen molar-refractivity contribution in [2.24, 2.45) is 5.92 Å². The van der Waals surface area contributed by atoms with Crippen LogP contribution in [-0.2, 0) is 4.79 Å². The summed E-state index contributed by atoms with van der Waals surface area (Å²) in [5.41, 5.74) is 1.75. The highest BCUT2D eigenvalue weighted by Gasteiger charge is 2.29. The summed E-state index contributed by atoms with van der Waals surface area (Å²) < 4.78 is 39.1. The molecule has 2 rings (SSSR count). The van der Waals surface area contributed by atoms with Gasteiger partial charge < -0.3 is 4.90 Å². The number of hydrogen-bond donors (Lipinski definition) is 1. The third-order valence-electron chi connectivity index (χ3n) is 3.88. The number of amides is 1. The zero-order chi connectivity index (χ0) is 19.3. The molecule has 0 saturated carbocycles. The Hall–Kier alpha value is -2.03. The number of nitrogens with zero attached hydrogens (tertiary/aromatic N) is 4. The molecule has 0 aliphatic heterocycles. The lowest BCUT2D eigenvalue weighted by Crippen LogP contribution is -2.37. The molecule has 142 valence electrons. The van der Waals surface area contributed by atoms with Gasteiger partial charge in [-0.25, -0.2) is 4.68 Å². The van der Waals surface area contributed by atoms with Gasteiger partial charge in [-0.3, -0.25) is 9.78 Å². The topological polar surface area (TPSA) is 51.0 Å². The van der Waals surface area contributed by atoms with Crippen LogP contribution < -0.4 is 4.90 Å². The van der Waals surface area contributed by atoms with Crippen molar-refractivity contribution in [2.75, 3.05) is 17.2 Å². The summed E-state index contributed by atoms with van der Waals surface area (Å²) in [6.07, 6.45) is -0.486. The van der Waals surface area contributed by atoms with E-state index >= 15 is 0 Å². The predicted molar refractivity (Wildman–Crippen MR) is 96.8 cm³/mol. The Morgan fingerprint density at radius 1 is 1.42 bits per heavy atom. The van der Waals surface area contributed by atoms with E-state index in [0.29, 0.717) is 22.8 Å².